The third-order valence-electron chi connectivity index (χ3n) is 5.32. The Hall–Kier alpha value is -1.60. The highest BCUT2D eigenvalue weighted by Gasteiger charge is 2.08. The lowest BCUT2D eigenvalue weighted by Crippen LogP contribution is -2.29. The van der Waals surface area contributed by atoms with Gasteiger partial charge in [-0.1, -0.05) is 51.7 Å². The van der Waals surface area contributed by atoms with Crippen molar-refractivity contribution in [3.8, 4) is 0 Å². The van der Waals surface area contributed by atoms with Gasteiger partial charge in [-0.3, -0.25) is 4.90 Å². The average Bonchev–Trinajstić information content (AvgIpc) is 2.65. The standard InChI is InChI=1S/C30H51N/c1-25(2)16-10-13-19-28(7)22-31(23-29(8)20-14-11-17-26(3)4)24-30(9)21-15-12-18-27(5)6/h19-21H,1,3,5,10-18,22-24H2,2,4,6-9H3/b28-19+,29-20+,30-21+. The molecule has 0 fully saturated rings. The Morgan fingerprint density at radius 3 is 1.00 bits per heavy atom. The first kappa shape index (κ1) is 29.4. The van der Waals surface area contributed by atoms with E-state index in [1.165, 1.54) is 52.7 Å². The predicted octanol–water partition coefficient (Wildman–Crippen LogP) is 9.37. The van der Waals surface area contributed by atoms with Gasteiger partial charge in [0.1, 0.15) is 0 Å². The minimum absolute atomic E-state index is 1.04. The van der Waals surface area contributed by atoms with Crippen LogP contribution in [0.1, 0.15) is 99.3 Å². The molecule has 0 saturated carbocycles. The minimum atomic E-state index is 1.04. The van der Waals surface area contributed by atoms with Gasteiger partial charge in [0.05, 0.1) is 0 Å². The van der Waals surface area contributed by atoms with Crippen molar-refractivity contribution in [2.45, 2.75) is 99.3 Å². The van der Waals surface area contributed by atoms with E-state index in [-0.39, 0.29) is 0 Å². The normalized spacial score (nSPS) is 13.1. The van der Waals surface area contributed by atoms with Crippen molar-refractivity contribution >= 4 is 0 Å². The molecule has 0 aromatic heterocycles. The van der Waals surface area contributed by atoms with Crippen molar-refractivity contribution in [2.75, 3.05) is 19.6 Å². The second-order valence-corrected chi connectivity index (χ2v) is 9.84. The highest BCUT2D eigenvalue weighted by Crippen LogP contribution is 2.13. The van der Waals surface area contributed by atoms with Gasteiger partial charge in [0.2, 0.25) is 0 Å². The van der Waals surface area contributed by atoms with E-state index in [1.807, 2.05) is 0 Å². The molecule has 0 aromatic rings. The summed E-state index contributed by atoms with van der Waals surface area (Å²) in [6.07, 6.45) is 17.7. The smallest absolute Gasteiger partial charge is 0.0196 e. The van der Waals surface area contributed by atoms with Gasteiger partial charge < -0.3 is 0 Å². The fraction of sp³-hybridized carbons (Fsp3) is 0.600. The molecule has 0 aromatic carbocycles. The summed E-state index contributed by atoms with van der Waals surface area (Å²) >= 11 is 0. The molecule has 0 atom stereocenters. The zero-order valence-corrected chi connectivity index (χ0v) is 21.8. The van der Waals surface area contributed by atoms with E-state index in [1.54, 1.807) is 0 Å². The highest BCUT2D eigenvalue weighted by atomic mass is 15.1. The fourth-order valence-electron chi connectivity index (χ4n) is 3.68. The third-order valence-corrected chi connectivity index (χ3v) is 5.32. The maximum absolute atomic E-state index is 4.01. The topological polar surface area (TPSA) is 3.24 Å². The van der Waals surface area contributed by atoms with Crippen LogP contribution in [0.3, 0.4) is 0 Å². The number of hydrogen-bond acceptors (Lipinski definition) is 1. The molecule has 0 saturated heterocycles. The first-order chi connectivity index (χ1) is 14.6. The predicted molar refractivity (Wildman–Crippen MR) is 144 cm³/mol. The average molecular weight is 426 g/mol. The van der Waals surface area contributed by atoms with Crippen molar-refractivity contribution in [2.24, 2.45) is 0 Å². The lowest BCUT2D eigenvalue weighted by atomic mass is 10.1. The molecule has 0 aliphatic heterocycles. The summed E-state index contributed by atoms with van der Waals surface area (Å²) < 4.78 is 0. The molecule has 0 radical (unpaired) electrons. The van der Waals surface area contributed by atoms with E-state index in [0.29, 0.717) is 0 Å². The molecule has 176 valence electrons. The van der Waals surface area contributed by atoms with Gasteiger partial charge in [-0.25, -0.2) is 0 Å². The number of nitrogens with zero attached hydrogens (tertiary/aromatic N) is 1. The molecule has 0 aliphatic rings. The summed E-state index contributed by atoms with van der Waals surface area (Å²) in [5.74, 6) is 0. The number of unbranched alkanes of at least 4 members (excludes halogenated alkanes) is 3. The second kappa shape index (κ2) is 18.0. The Morgan fingerprint density at radius 1 is 0.516 bits per heavy atom. The Kier molecular flexibility index (Phi) is 17.1. The van der Waals surface area contributed by atoms with Gasteiger partial charge in [0.15, 0.2) is 0 Å². The molecule has 0 rings (SSSR count). The van der Waals surface area contributed by atoms with E-state index < -0.39 is 0 Å². The van der Waals surface area contributed by atoms with Crippen LogP contribution in [-0.2, 0) is 0 Å². The Morgan fingerprint density at radius 2 is 0.774 bits per heavy atom. The van der Waals surface area contributed by atoms with Crippen LogP contribution in [0.15, 0.2) is 71.4 Å². The SMILES string of the molecule is C=C(C)CCC/C=C(\C)CN(C/C(C)=C/CCCC(=C)C)C/C(C)=C/CCCC(=C)C. The van der Waals surface area contributed by atoms with Crippen LogP contribution < -0.4 is 0 Å². The van der Waals surface area contributed by atoms with Crippen molar-refractivity contribution in [1.29, 1.82) is 0 Å². The van der Waals surface area contributed by atoms with Crippen molar-refractivity contribution in [3.63, 3.8) is 0 Å². The van der Waals surface area contributed by atoms with Crippen molar-refractivity contribution in [1.82, 2.24) is 4.90 Å². The number of allylic oxidation sites excluding steroid dienone is 6. The van der Waals surface area contributed by atoms with E-state index in [0.717, 1.165) is 58.2 Å². The molecule has 31 heavy (non-hydrogen) atoms. The Balaban J connectivity index is 4.89. The zero-order chi connectivity index (χ0) is 23.6. The van der Waals surface area contributed by atoms with Crippen molar-refractivity contribution in [3.05, 3.63) is 71.4 Å². The molecule has 0 amide bonds. The summed E-state index contributed by atoms with van der Waals surface area (Å²) in [4.78, 5) is 2.60. The summed E-state index contributed by atoms with van der Waals surface area (Å²) in [6.45, 7) is 28.4. The summed E-state index contributed by atoms with van der Waals surface area (Å²) in [7, 11) is 0. The third kappa shape index (κ3) is 20.1. The maximum Gasteiger partial charge on any atom is 0.0196 e. The molecule has 0 spiro atoms. The van der Waals surface area contributed by atoms with E-state index in [2.05, 4.69) is 84.4 Å². The van der Waals surface area contributed by atoms with E-state index in [9.17, 15) is 0 Å². The van der Waals surface area contributed by atoms with Gasteiger partial charge >= 0.3 is 0 Å². The van der Waals surface area contributed by atoms with E-state index in [4.69, 9.17) is 0 Å². The highest BCUT2D eigenvalue weighted by molar-refractivity contribution is 5.10. The molecule has 0 aliphatic carbocycles. The van der Waals surface area contributed by atoms with Crippen LogP contribution in [0, 0.1) is 0 Å². The fourth-order valence-corrected chi connectivity index (χ4v) is 3.68. The van der Waals surface area contributed by atoms with Gasteiger partial charge in [-0.05, 0) is 99.3 Å². The van der Waals surface area contributed by atoms with Gasteiger partial charge in [0.25, 0.3) is 0 Å². The van der Waals surface area contributed by atoms with Crippen LogP contribution >= 0.6 is 0 Å². The van der Waals surface area contributed by atoms with Crippen LogP contribution in [0.5, 0.6) is 0 Å². The second-order valence-electron chi connectivity index (χ2n) is 9.84. The molecular weight excluding hydrogens is 374 g/mol. The summed E-state index contributed by atoms with van der Waals surface area (Å²) in [5.41, 5.74) is 8.29. The first-order valence-corrected chi connectivity index (χ1v) is 12.2. The van der Waals surface area contributed by atoms with Crippen LogP contribution in [-0.4, -0.2) is 24.5 Å². The molecule has 1 heteroatoms. The summed E-state index contributed by atoms with van der Waals surface area (Å²) in [5, 5.41) is 0. The largest absolute Gasteiger partial charge is 0.292 e. The molecule has 0 heterocycles. The van der Waals surface area contributed by atoms with Gasteiger partial charge in [-0.2, -0.15) is 0 Å². The molecule has 0 N–H and O–H groups in total. The minimum Gasteiger partial charge on any atom is -0.292 e. The molecule has 0 unspecified atom stereocenters. The maximum atomic E-state index is 4.01. The molecular formula is C30H51N. The Labute approximate surface area is 195 Å². The lowest BCUT2D eigenvalue weighted by Gasteiger charge is -2.24. The first-order valence-electron chi connectivity index (χ1n) is 12.2. The lowest BCUT2D eigenvalue weighted by molar-refractivity contribution is 0.346. The monoisotopic (exact) mass is 425 g/mol. The summed E-state index contributed by atoms with van der Waals surface area (Å²) in [6, 6.07) is 0. The van der Waals surface area contributed by atoms with Crippen LogP contribution in [0.25, 0.3) is 0 Å². The number of rotatable bonds is 18. The van der Waals surface area contributed by atoms with Gasteiger partial charge in [0, 0.05) is 19.6 Å². The van der Waals surface area contributed by atoms with Crippen LogP contribution in [0.4, 0.5) is 0 Å². The molecule has 0 bridgehead atoms. The van der Waals surface area contributed by atoms with E-state index >= 15 is 0 Å². The molecule has 1 nitrogen and oxygen atoms in total. The van der Waals surface area contributed by atoms with Crippen LogP contribution in [0.2, 0.25) is 0 Å². The van der Waals surface area contributed by atoms with Gasteiger partial charge in [-0.15, -0.1) is 19.7 Å². The quantitative estimate of drug-likeness (QED) is 0.156. The zero-order valence-electron chi connectivity index (χ0n) is 21.8. The van der Waals surface area contributed by atoms with Crippen molar-refractivity contribution < 1.29 is 0 Å². The number of hydrogen-bond donors (Lipinski definition) is 0. The Bertz CT molecular complexity index is 551.